The molecule has 28 heavy (non-hydrogen) atoms. The SMILES string of the molecule is CN=C(NCc1nc(-c2cccc(Cl)c2)no1)NCc1ccc(C)cc1C.I. The number of hydrogen-bond donors (Lipinski definition) is 2. The number of aromatic nitrogens is 2. The molecule has 0 aliphatic carbocycles. The number of benzene rings is 2. The summed E-state index contributed by atoms with van der Waals surface area (Å²) in [5.74, 6) is 1.64. The third kappa shape index (κ3) is 5.93. The average molecular weight is 512 g/mol. The largest absolute Gasteiger partial charge is 0.352 e. The van der Waals surface area contributed by atoms with Crippen molar-refractivity contribution in [3.8, 4) is 11.4 Å². The van der Waals surface area contributed by atoms with Gasteiger partial charge in [-0.15, -0.1) is 24.0 Å². The maximum absolute atomic E-state index is 6.01. The lowest BCUT2D eigenvalue weighted by Crippen LogP contribution is -2.36. The normalized spacial score (nSPS) is 11.1. The Kier molecular flexibility index (Phi) is 8.25. The summed E-state index contributed by atoms with van der Waals surface area (Å²) in [7, 11) is 1.72. The lowest BCUT2D eigenvalue weighted by molar-refractivity contribution is 0.375. The van der Waals surface area contributed by atoms with Gasteiger partial charge in [0.2, 0.25) is 11.7 Å². The fourth-order valence-corrected chi connectivity index (χ4v) is 2.86. The van der Waals surface area contributed by atoms with E-state index in [-0.39, 0.29) is 24.0 Å². The molecule has 0 unspecified atom stereocenters. The summed E-state index contributed by atoms with van der Waals surface area (Å²) < 4.78 is 5.30. The highest BCUT2D eigenvalue weighted by Crippen LogP contribution is 2.19. The molecular formula is C20H23ClIN5O. The van der Waals surface area contributed by atoms with Crippen LogP contribution >= 0.6 is 35.6 Å². The maximum atomic E-state index is 6.01. The van der Waals surface area contributed by atoms with Crippen molar-refractivity contribution in [1.29, 1.82) is 0 Å². The molecule has 6 nitrogen and oxygen atoms in total. The van der Waals surface area contributed by atoms with Gasteiger partial charge in [0.1, 0.15) is 0 Å². The average Bonchev–Trinajstić information content (AvgIpc) is 3.12. The zero-order valence-corrected chi connectivity index (χ0v) is 19.1. The van der Waals surface area contributed by atoms with Crippen molar-refractivity contribution in [2.24, 2.45) is 4.99 Å². The van der Waals surface area contributed by atoms with Crippen LogP contribution in [0.1, 0.15) is 22.6 Å². The van der Waals surface area contributed by atoms with Crippen molar-refractivity contribution in [3.05, 3.63) is 70.1 Å². The smallest absolute Gasteiger partial charge is 0.246 e. The van der Waals surface area contributed by atoms with Crippen LogP contribution in [0.5, 0.6) is 0 Å². The van der Waals surface area contributed by atoms with Crippen molar-refractivity contribution >= 4 is 41.5 Å². The van der Waals surface area contributed by atoms with Crippen LogP contribution in [0.3, 0.4) is 0 Å². The Hall–Kier alpha value is -2.13. The van der Waals surface area contributed by atoms with Crippen molar-refractivity contribution in [3.63, 3.8) is 0 Å². The zero-order valence-electron chi connectivity index (χ0n) is 16.0. The second-order valence-electron chi connectivity index (χ2n) is 6.23. The molecule has 0 aliphatic rings. The number of halogens is 2. The van der Waals surface area contributed by atoms with E-state index in [9.17, 15) is 0 Å². The molecule has 0 fully saturated rings. The highest BCUT2D eigenvalue weighted by molar-refractivity contribution is 14.0. The Morgan fingerprint density at radius 2 is 1.89 bits per heavy atom. The first-order valence-corrected chi connectivity index (χ1v) is 9.02. The number of aliphatic imine (C=N–C) groups is 1. The Labute approximate surface area is 186 Å². The molecule has 0 atom stereocenters. The van der Waals surface area contributed by atoms with Crippen LogP contribution in [0.15, 0.2) is 52.0 Å². The first-order valence-electron chi connectivity index (χ1n) is 8.64. The van der Waals surface area contributed by atoms with E-state index in [0.717, 1.165) is 5.56 Å². The van der Waals surface area contributed by atoms with E-state index in [1.54, 1.807) is 19.2 Å². The fraction of sp³-hybridized carbons (Fsp3) is 0.250. The summed E-state index contributed by atoms with van der Waals surface area (Å²) in [6.07, 6.45) is 0. The topological polar surface area (TPSA) is 75.3 Å². The van der Waals surface area contributed by atoms with Gasteiger partial charge in [0.15, 0.2) is 5.96 Å². The van der Waals surface area contributed by atoms with Crippen molar-refractivity contribution in [2.75, 3.05) is 7.05 Å². The zero-order chi connectivity index (χ0) is 19.2. The molecule has 3 aromatic rings. The summed E-state index contributed by atoms with van der Waals surface area (Å²) in [4.78, 5) is 8.62. The number of guanidine groups is 1. The van der Waals surface area contributed by atoms with Crippen molar-refractivity contribution in [2.45, 2.75) is 26.9 Å². The van der Waals surface area contributed by atoms with E-state index in [2.05, 4.69) is 57.8 Å². The van der Waals surface area contributed by atoms with E-state index in [1.165, 1.54) is 16.7 Å². The van der Waals surface area contributed by atoms with Crippen molar-refractivity contribution < 1.29 is 4.52 Å². The van der Waals surface area contributed by atoms with Gasteiger partial charge in [0, 0.05) is 24.2 Å². The monoisotopic (exact) mass is 511 g/mol. The molecule has 0 aliphatic heterocycles. The summed E-state index contributed by atoms with van der Waals surface area (Å²) in [5, 5.41) is 11.1. The second-order valence-corrected chi connectivity index (χ2v) is 6.67. The highest BCUT2D eigenvalue weighted by atomic mass is 127. The molecule has 1 aromatic heterocycles. The van der Waals surface area contributed by atoms with Gasteiger partial charge in [0.05, 0.1) is 6.54 Å². The number of aryl methyl sites for hydroxylation is 2. The molecule has 0 bridgehead atoms. The van der Waals surface area contributed by atoms with E-state index >= 15 is 0 Å². The number of nitrogens with one attached hydrogen (secondary N) is 2. The molecular weight excluding hydrogens is 489 g/mol. The van der Waals surface area contributed by atoms with Gasteiger partial charge in [-0.2, -0.15) is 4.98 Å². The highest BCUT2D eigenvalue weighted by Gasteiger charge is 2.10. The summed E-state index contributed by atoms with van der Waals surface area (Å²) in [5.41, 5.74) is 4.55. The minimum absolute atomic E-state index is 0. The Morgan fingerprint density at radius 3 is 2.61 bits per heavy atom. The lowest BCUT2D eigenvalue weighted by atomic mass is 10.1. The van der Waals surface area contributed by atoms with Crippen LogP contribution in [0.4, 0.5) is 0 Å². The molecule has 8 heteroatoms. The molecule has 1 heterocycles. The van der Waals surface area contributed by atoms with Gasteiger partial charge in [-0.05, 0) is 37.1 Å². The predicted octanol–water partition coefficient (Wildman–Crippen LogP) is 4.49. The molecule has 0 spiro atoms. The third-order valence-electron chi connectivity index (χ3n) is 4.13. The van der Waals surface area contributed by atoms with Gasteiger partial charge < -0.3 is 15.2 Å². The molecule has 2 aromatic carbocycles. The van der Waals surface area contributed by atoms with Gasteiger partial charge >= 0.3 is 0 Å². The number of hydrogen-bond acceptors (Lipinski definition) is 4. The van der Waals surface area contributed by atoms with Crippen LogP contribution in [0, 0.1) is 13.8 Å². The molecule has 2 N–H and O–H groups in total. The molecule has 0 saturated carbocycles. The minimum Gasteiger partial charge on any atom is -0.352 e. The quantitative estimate of drug-likeness (QED) is 0.300. The minimum atomic E-state index is 0. The predicted molar refractivity (Wildman–Crippen MR) is 123 cm³/mol. The summed E-state index contributed by atoms with van der Waals surface area (Å²) in [6.45, 7) is 5.26. The molecule has 148 valence electrons. The summed E-state index contributed by atoms with van der Waals surface area (Å²) in [6, 6.07) is 13.7. The van der Waals surface area contributed by atoms with Crippen LogP contribution in [-0.2, 0) is 13.1 Å². The molecule has 0 radical (unpaired) electrons. The van der Waals surface area contributed by atoms with E-state index < -0.39 is 0 Å². The van der Waals surface area contributed by atoms with E-state index in [1.807, 2.05) is 12.1 Å². The van der Waals surface area contributed by atoms with Crippen LogP contribution < -0.4 is 10.6 Å². The first kappa shape index (κ1) is 22.2. The standard InChI is InChI=1S/C20H22ClN5O.HI/c1-13-7-8-16(14(2)9-13)11-23-20(22-3)24-12-18-25-19(26-27-18)15-5-4-6-17(21)10-15;/h4-10H,11-12H2,1-3H3,(H2,22,23,24);1H. The molecule has 0 saturated heterocycles. The Morgan fingerprint density at radius 1 is 1.11 bits per heavy atom. The second kappa shape index (κ2) is 10.4. The van der Waals surface area contributed by atoms with Crippen molar-refractivity contribution in [1.82, 2.24) is 20.8 Å². The van der Waals surface area contributed by atoms with Crippen LogP contribution in [-0.4, -0.2) is 23.1 Å². The third-order valence-corrected chi connectivity index (χ3v) is 4.36. The Bertz CT molecular complexity index is 957. The summed E-state index contributed by atoms with van der Waals surface area (Å²) >= 11 is 6.01. The number of rotatable bonds is 5. The van der Waals surface area contributed by atoms with E-state index in [0.29, 0.717) is 35.8 Å². The lowest BCUT2D eigenvalue weighted by Gasteiger charge is -2.12. The number of nitrogens with zero attached hydrogens (tertiary/aromatic N) is 3. The van der Waals surface area contributed by atoms with Gasteiger partial charge in [0.25, 0.3) is 0 Å². The van der Waals surface area contributed by atoms with Crippen LogP contribution in [0.25, 0.3) is 11.4 Å². The molecule has 3 rings (SSSR count). The van der Waals surface area contributed by atoms with Crippen LogP contribution in [0.2, 0.25) is 5.02 Å². The van der Waals surface area contributed by atoms with Gasteiger partial charge in [-0.25, -0.2) is 0 Å². The van der Waals surface area contributed by atoms with E-state index in [4.69, 9.17) is 16.1 Å². The maximum Gasteiger partial charge on any atom is 0.246 e. The van der Waals surface area contributed by atoms with Gasteiger partial charge in [-0.3, -0.25) is 4.99 Å². The first-order chi connectivity index (χ1) is 13.0. The Balaban J connectivity index is 0.00000280. The fourth-order valence-electron chi connectivity index (χ4n) is 2.67. The molecule has 0 amide bonds. The van der Waals surface area contributed by atoms with Gasteiger partial charge in [-0.1, -0.05) is 52.7 Å².